The molecule has 2 spiro atoms. The van der Waals surface area contributed by atoms with E-state index in [9.17, 15) is 25.2 Å². The van der Waals surface area contributed by atoms with Crippen molar-refractivity contribution in [3.8, 4) is 11.8 Å². The van der Waals surface area contributed by atoms with Gasteiger partial charge in [0.1, 0.15) is 23.6 Å². The molecule has 23 unspecified atom stereocenters. The van der Waals surface area contributed by atoms with Crippen LogP contribution >= 0.6 is 0 Å². The molecular formula is C67H83NO9. The molecule has 0 radical (unpaired) electrons. The zero-order chi connectivity index (χ0) is 52.4. The fourth-order valence-corrected chi connectivity index (χ4v) is 23.9. The number of carbonyl (C=O) groups is 2. The lowest BCUT2D eigenvalue weighted by Gasteiger charge is -2.76. The molecule has 0 aromatic heterocycles. The molecule has 14 aliphatic rings. The minimum absolute atomic E-state index is 0.123. The summed E-state index contributed by atoms with van der Waals surface area (Å²) >= 11 is 0. The molecule has 23 atom stereocenters. The number of hydrogen-bond acceptors (Lipinski definition) is 10. The summed E-state index contributed by atoms with van der Waals surface area (Å²) < 4.78 is 13.8. The van der Waals surface area contributed by atoms with Gasteiger partial charge in [0.05, 0.1) is 29.8 Å². The van der Waals surface area contributed by atoms with Crippen molar-refractivity contribution in [1.29, 1.82) is 0 Å². The number of rotatable bonds is 5. The average molecular weight is 1050 g/mol. The SMILES string of the molecule is CNC1Cc2c(cccc2CO)C#CCCC23CCC4C5(C=O)CC67C(CCOC6C6CC8C=CCC(C9CCCC9)C8CC(C(O)C4(O)C2(O)CC2CC1C1OC(=O)C=C1C23)C65O)CC1CC(c2ccccc2)CCC17. The van der Waals surface area contributed by atoms with Crippen LogP contribution in [0.25, 0.3) is 0 Å². The molecule has 6 N–H and O–H groups in total. The van der Waals surface area contributed by atoms with Crippen molar-refractivity contribution in [3.63, 3.8) is 0 Å². The number of allylic oxidation sites excluding steroid dienone is 2. The molecule has 2 heterocycles. The summed E-state index contributed by atoms with van der Waals surface area (Å²) in [4.78, 5) is 29.6. The van der Waals surface area contributed by atoms with Crippen LogP contribution in [0.1, 0.15) is 150 Å². The maximum absolute atomic E-state index is 15.7. The first-order chi connectivity index (χ1) is 37.4. The number of fused-ring (bicyclic) bond motifs is 9. The Kier molecular flexibility index (Phi) is 11.7. The molecule has 1 saturated heterocycles. The monoisotopic (exact) mass is 1050 g/mol. The molecule has 16 rings (SSSR count). The lowest BCUT2D eigenvalue weighted by Crippen LogP contribution is -2.87. The van der Waals surface area contributed by atoms with Crippen molar-refractivity contribution < 1.29 is 44.6 Å². The molecule has 12 aliphatic carbocycles. The third-order valence-corrected chi connectivity index (χ3v) is 26.4. The number of ether oxygens (including phenoxy) is 2. The van der Waals surface area contributed by atoms with Gasteiger partial charge in [-0.25, -0.2) is 4.79 Å². The predicted molar refractivity (Wildman–Crippen MR) is 289 cm³/mol. The Bertz CT molecular complexity index is 2830. The van der Waals surface area contributed by atoms with Crippen LogP contribution in [0.3, 0.4) is 0 Å². The van der Waals surface area contributed by atoms with E-state index in [0.29, 0.717) is 88.1 Å². The summed E-state index contributed by atoms with van der Waals surface area (Å²) in [5.74, 6) is 6.27. The van der Waals surface area contributed by atoms with Crippen molar-refractivity contribution >= 4 is 12.3 Å². The molecule has 0 amide bonds. The van der Waals surface area contributed by atoms with Gasteiger partial charge in [-0.15, -0.1) is 0 Å². The van der Waals surface area contributed by atoms with E-state index < -0.39 is 63.0 Å². The Hall–Kier alpha value is -3.66. The van der Waals surface area contributed by atoms with E-state index in [0.717, 1.165) is 67.1 Å². The second-order valence-corrected chi connectivity index (χ2v) is 28.2. The largest absolute Gasteiger partial charge is 0.454 e. The fourth-order valence-electron chi connectivity index (χ4n) is 23.9. The number of aliphatic hydroxyl groups is 5. The van der Waals surface area contributed by atoms with Gasteiger partial charge in [-0.3, -0.25) is 0 Å². The van der Waals surface area contributed by atoms with E-state index >= 15 is 9.90 Å². The van der Waals surface area contributed by atoms with Gasteiger partial charge in [0.15, 0.2) is 0 Å². The zero-order valence-electron chi connectivity index (χ0n) is 45.2. The van der Waals surface area contributed by atoms with Gasteiger partial charge in [-0.1, -0.05) is 92.1 Å². The Morgan fingerprint density at radius 2 is 1.68 bits per heavy atom. The van der Waals surface area contributed by atoms with Crippen molar-refractivity contribution in [3.05, 3.63) is 94.6 Å². The van der Waals surface area contributed by atoms with Crippen molar-refractivity contribution in [1.82, 2.24) is 5.32 Å². The molecular weight excluding hydrogens is 963 g/mol. The van der Waals surface area contributed by atoms with E-state index in [2.05, 4.69) is 59.6 Å². The normalized spacial score (nSPS) is 50.8. The number of carbonyl (C=O) groups excluding carboxylic acids is 2. The summed E-state index contributed by atoms with van der Waals surface area (Å²) in [7, 11) is 1.94. The molecule has 77 heavy (non-hydrogen) atoms. The lowest BCUT2D eigenvalue weighted by atomic mass is 9.31. The first-order valence-corrected chi connectivity index (χ1v) is 30.8. The van der Waals surface area contributed by atoms with Crippen LogP contribution in [0.5, 0.6) is 0 Å². The number of aliphatic hydroxyl groups excluding tert-OH is 2. The predicted octanol–water partition coefficient (Wildman–Crippen LogP) is 8.54. The minimum Gasteiger partial charge on any atom is -0.454 e. The lowest BCUT2D eigenvalue weighted by molar-refractivity contribution is -0.392. The van der Waals surface area contributed by atoms with Gasteiger partial charge in [0.25, 0.3) is 0 Å². The van der Waals surface area contributed by atoms with Crippen LogP contribution in [0.4, 0.5) is 0 Å². The smallest absolute Gasteiger partial charge is 0.331 e. The number of esters is 1. The number of nitrogens with one attached hydrogen (secondary N) is 1. The molecule has 10 fully saturated rings. The van der Waals surface area contributed by atoms with E-state index in [1.54, 1.807) is 6.08 Å². The van der Waals surface area contributed by atoms with Crippen LogP contribution in [0.15, 0.2) is 72.3 Å². The topological polar surface area (TPSA) is 166 Å². The number of benzene rings is 2. The number of likely N-dealkylation sites (N-methyl/N-ethyl adjacent to an activating group) is 1. The molecule has 2 aromatic rings. The molecule has 4 bridgehead atoms. The molecule has 10 heteroatoms. The highest BCUT2D eigenvalue weighted by Crippen LogP contribution is 2.81. The first kappa shape index (κ1) is 50.3. The van der Waals surface area contributed by atoms with Crippen LogP contribution in [0, 0.1) is 105 Å². The van der Waals surface area contributed by atoms with Gasteiger partial charge in [0.2, 0.25) is 0 Å². The van der Waals surface area contributed by atoms with Crippen LogP contribution < -0.4 is 5.32 Å². The molecule has 9 saturated carbocycles. The first-order valence-electron chi connectivity index (χ1n) is 30.8. The highest BCUT2D eigenvalue weighted by Gasteiger charge is 2.88. The fraction of sp³-hybridized carbons (Fsp3) is 0.701. The zero-order valence-corrected chi connectivity index (χ0v) is 45.2. The summed E-state index contributed by atoms with van der Waals surface area (Å²) in [5.41, 5.74) is -3.86. The molecule has 2 aromatic carbocycles. The minimum atomic E-state index is -2.19. The van der Waals surface area contributed by atoms with Gasteiger partial charge < -0.3 is 45.1 Å². The summed E-state index contributed by atoms with van der Waals surface area (Å²) in [6.45, 7) is 0.497. The standard InChI is InChI=1S/C67H83NO9/c1-68-55-32-48-40(16-9-18-43(48)35-69)15-7-8-24-62-25-22-56-63(37-70)36-64-46(28-44-27-41(20-21-52(44)64)38-11-3-2-4-12-38)23-26-76-61(64)54-30-42-17-10-19-47(39-13-5-6-14-39)49(42)31-53(66(54,63)74)60(72)67(56,75)65(62,73)34-45-29-50(55)59-51(58(45)62)33-57(71)77-59/h2-4,9-12,16-18,33,37,39,41-42,44-47,49-50,52-56,58-61,68-69,72-75H,5-6,8,13-14,19-32,34-36H2,1H3. The van der Waals surface area contributed by atoms with Crippen molar-refractivity contribution in [2.24, 2.45) is 93.2 Å². The van der Waals surface area contributed by atoms with Gasteiger partial charge in [-0.05, 0) is 191 Å². The number of aldehydes is 1. The third-order valence-electron chi connectivity index (χ3n) is 26.4. The summed E-state index contributed by atoms with van der Waals surface area (Å²) in [6.07, 6.45) is 20.6. The molecule has 10 nitrogen and oxygen atoms in total. The highest BCUT2D eigenvalue weighted by atomic mass is 16.5. The van der Waals surface area contributed by atoms with Crippen LogP contribution in [-0.2, 0) is 32.1 Å². The maximum atomic E-state index is 15.7. The Morgan fingerprint density at radius 1 is 0.831 bits per heavy atom. The maximum Gasteiger partial charge on any atom is 0.331 e. The van der Waals surface area contributed by atoms with Crippen LogP contribution in [-0.4, -0.2) is 92.6 Å². The Balaban J connectivity index is 0.915. The average Bonchev–Trinajstić information content (AvgIpc) is 3.07. The van der Waals surface area contributed by atoms with Gasteiger partial charge >= 0.3 is 5.97 Å². The summed E-state index contributed by atoms with van der Waals surface area (Å²) in [6, 6.07) is 16.7. The molecule has 410 valence electrons. The van der Waals surface area contributed by atoms with E-state index in [1.807, 2.05) is 25.2 Å². The molecule has 2 aliphatic heterocycles. The highest BCUT2D eigenvalue weighted by molar-refractivity contribution is 5.86. The van der Waals surface area contributed by atoms with Gasteiger partial charge in [0, 0.05) is 65.2 Å². The number of hydrogen-bond donors (Lipinski definition) is 6. The van der Waals surface area contributed by atoms with Crippen molar-refractivity contribution in [2.45, 2.75) is 182 Å². The second kappa shape index (κ2) is 17.9. The van der Waals surface area contributed by atoms with Crippen LogP contribution in [0.2, 0.25) is 0 Å². The Morgan fingerprint density at radius 3 is 2.48 bits per heavy atom. The van der Waals surface area contributed by atoms with Gasteiger partial charge in [-0.2, -0.15) is 0 Å². The van der Waals surface area contributed by atoms with E-state index in [4.69, 9.17) is 9.47 Å². The Labute approximate surface area is 455 Å². The summed E-state index contributed by atoms with van der Waals surface area (Å²) in [5, 5.41) is 73.4. The quantitative estimate of drug-likeness (QED) is 0.0740. The second-order valence-electron chi connectivity index (χ2n) is 28.2. The van der Waals surface area contributed by atoms with E-state index in [-0.39, 0.29) is 72.6 Å². The third kappa shape index (κ3) is 6.46. The van der Waals surface area contributed by atoms with Crippen molar-refractivity contribution in [2.75, 3.05) is 13.7 Å². The van der Waals surface area contributed by atoms with E-state index in [1.165, 1.54) is 31.2 Å².